The summed E-state index contributed by atoms with van der Waals surface area (Å²) < 4.78 is 0. The van der Waals surface area contributed by atoms with Gasteiger partial charge in [-0.3, -0.25) is 9.79 Å². The van der Waals surface area contributed by atoms with Crippen LogP contribution in [-0.2, 0) is 11.3 Å². The maximum atomic E-state index is 12.6. The average molecular weight is 558 g/mol. The fourth-order valence-corrected chi connectivity index (χ4v) is 4.01. The van der Waals surface area contributed by atoms with E-state index in [-0.39, 0.29) is 29.9 Å². The molecule has 0 bridgehead atoms. The number of piperazine rings is 1. The first-order valence-electron chi connectivity index (χ1n) is 10.4. The lowest BCUT2D eigenvalue weighted by Crippen LogP contribution is -2.49. The molecule has 3 heterocycles. The molecule has 2 aromatic heterocycles. The molecule has 0 unspecified atom stereocenters. The van der Waals surface area contributed by atoms with E-state index in [2.05, 4.69) is 30.6 Å². The van der Waals surface area contributed by atoms with Crippen LogP contribution in [0.15, 0.2) is 34.8 Å². The number of rotatable bonds is 7. The number of amides is 1. The third-order valence-corrected chi connectivity index (χ3v) is 5.78. The van der Waals surface area contributed by atoms with Gasteiger partial charge >= 0.3 is 0 Å². The number of carbonyl (C=O) groups is 1. The van der Waals surface area contributed by atoms with Crippen molar-refractivity contribution in [3.05, 3.63) is 40.5 Å². The number of nitrogens with zero attached hydrogens (tertiary/aromatic N) is 6. The number of thiazole rings is 1. The molecule has 0 saturated carbocycles. The van der Waals surface area contributed by atoms with Crippen LogP contribution in [0.4, 0.5) is 5.82 Å². The number of carbonyl (C=O) groups excluding carboxylic acids is 1. The van der Waals surface area contributed by atoms with Gasteiger partial charge in [0.1, 0.15) is 5.82 Å². The van der Waals surface area contributed by atoms with Crippen LogP contribution in [0, 0.1) is 6.92 Å². The smallest absolute Gasteiger partial charge is 0.224 e. The molecule has 3 rings (SSSR count). The lowest BCUT2D eigenvalue weighted by Gasteiger charge is -2.35. The molecular weight excluding hydrogens is 525 g/mol. The number of pyridine rings is 1. The number of nitrogens with one attached hydrogen (secondary N) is 1. The van der Waals surface area contributed by atoms with E-state index in [1.165, 1.54) is 0 Å². The van der Waals surface area contributed by atoms with Gasteiger partial charge in [-0.25, -0.2) is 9.97 Å². The zero-order valence-electron chi connectivity index (χ0n) is 18.5. The van der Waals surface area contributed by atoms with Gasteiger partial charge < -0.3 is 20.0 Å². The van der Waals surface area contributed by atoms with Crippen LogP contribution >= 0.6 is 35.3 Å². The van der Waals surface area contributed by atoms with E-state index in [4.69, 9.17) is 0 Å². The van der Waals surface area contributed by atoms with Gasteiger partial charge in [-0.05, 0) is 26.0 Å². The van der Waals surface area contributed by atoms with E-state index < -0.39 is 0 Å². The first-order chi connectivity index (χ1) is 14.6. The molecule has 0 radical (unpaired) electrons. The first-order valence-corrected chi connectivity index (χ1v) is 11.3. The largest absolute Gasteiger partial charge is 0.357 e. The Morgan fingerprint density at radius 1 is 1.29 bits per heavy atom. The van der Waals surface area contributed by atoms with Crippen molar-refractivity contribution in [3.8, 4) is 0 Å². The summed E-state index contributed by atoms with van der Waals surface area (Å²) >= 11 is 1.65. The fraction of sp³-hybridized carbons (Fsp3) is 0.524. The summed E-state index contributed by atoms with van der Waals surface area (Å²) in [5.74, 6) is 1.94. The summed E-state index contributed by atoms with van der Waals surface area (Å²) in [6.07, 6.45) is 2.22. The van der Waals surface area contributed by atoms with Crippen LogP contribution in [0.5, 0.6) is 0 Å². The number of hydrogen-bond donors (Lipinski definition) is 1. The second kappa shape index (κ2) is 12.8. The lowest BCUT2D eigenvalue weighted by atomic mass is 10.2. The van der Waals surface area contributed by atoms with E-state index >= 15 is 0 Å². The highest BCUT2D eigenvalue weighted by Gasteiger charge is 2.21. The summed E-state index contributed by atoms with van der Waals surface area (Å²) in [7, 11) is 1.99. The topological polar surface area (TPSA) is 77.0 Å². The molecule has 1 aliphatic rings. The van der Waals surface area contributed by atoms with Crippen molar-refractivity contribution in [1.82, 2.24) is 25.1 Å². The van der Waals surface area contributed by atoms with Crippen molar-refractivity contribution in [3.63, 3.8) is 0 Å². The standard InChI is InChI=1S/C21H31N7OS.HI/c1-4-22-21(26(3)15-18-16-30-17(2)25-18)24-10-8-20(29)28-13-11-27(12-14-28)19-7-5-6-9-23-19;/h5-7,9,16H,4,8,10-15H2,1-3H3,(H,22,24);1H. The number of aliphatic imine (C=N–C) groups is 1. The molecular formula is C21H32IN7OS. The molecule has 0 aliphatic carbocycles. The van der Waals surface area contributed by atoms with Gasteiger partial charge in [-0.1, -0.05) is 6.07 Å². The Morgan fingerprint density at radius 3 is 2.68 bits per heavy atom. The Balaban J connectivity index is 0.00000341. The summed E-state index contributed by atoms with van der Waals surface area (Å²) in [5.41, 5.74) is 1.03. The number of hydrogen-bond acceptors (Lipinski definition) is 6. The summed E-state index contributed by atoms with van der Waals surface area (Å²) in [4.78, 5) is 32.4. The van der Waals surface area contributed by atoms with Gasteiger partial charge in [-0.15, -0.1) is 35.3 Å². The molecule has 170 valence electrons. The predicted octanol–water partition coefficient (Wildman–Crippen LogP) is 2.60. The molecule has 1 aliphatic heterocycles. The van der Waals surface area contributed by atoms with Crippen LogP contribution in [-0.4, -0.2) is 78.0 Å². The second-order valence-electron chi connectivity index (χ2n) is 7.26. The van der Waals surface area contributed by atoms with Crippen molar-refractivity contribution in [2.75, 3.05) is 51.2 Å². The summed E-state index contributed by atoms with van der Waals surface area (Å²) in [5, 5.41) is 6.44. The SMILES string of the molecule is CCNC(=NCCC(=O)N1CCN(c2ccccn2)CC1)N(C)Cc1csc(C)n1.I. The minimum absolute atomic E-state index is 0. The first kappa shape index (κ1) is 25.3. The number of anilines is 1. The maximum absolute atomic E-state index is 12.6. The highest BCUT2D eigenvalue weighted by molar-refractivity contribution is 14.0. The maximum Gasteiger partial charge on any atom is 0.224 e. The molecule has 31 heavy (non-hydrogen) atoms. The molecule has 2 aromatic rings. The van der Waals surface area contributed by atoms with E-state index in [0.717, 1.165) is 55.2 Å². The second-order valence-corrected chi connectivity index (χ2v) is 8.32. The van der Waals surface area contributed by atoms with Gasteiger partial charge in [0, 0.05) is 57.8 Å². The van der Waals surface area contributed by atoms with Gasteiger partial charge in [0.25, 0.3) is 0 Å². The minimum atomic E-state index is 0. The van der Waals surface area contributed by atoms with Crippen molar-refractivity contribution in [2.45, 2.75) is 26.8 Å². The van der Waals surface area contributed by atoms with Crippen molar-refractivity contribution >= 4 is 53.0 Å². The van der Waals surface area contributed by atoms with Crippen LogP contribution in [0.25, 0.3) is 0 Å². The highest BCUT2D eigenvalue weighted by atomic mass is 127. The third-order valence-electron chi connectivity index (χ3n) is 4.96. The Kier molecular flexibility index (Phi) is 10.4. The zero-order chi connectivity index (χ0) is 21.3. The summed E-state index contributed by atoms with van der Waals surface area (Å²) in [6, 6.07) is 5.92. The van der Waals surface area contributed by atoms with Crippen molar-refractivity contribution in [2.24, 2.45) is 4.99 Å². The number of guanidine groups is 1. The molecule has 10 heteroatoms. The Labute approximate surface area is 205 Å². The third kappa shape index (κ3) is 7.60. The molecule has 0 atom stereocenters. The molecule has 1 amide bonds. The van der Waals surface area contributed by atoms with Gasteiger partial charge in [0.05, 0.1) is 23.8 Å². The quantitative estimate of drug-likeness (QED) is 0.321. The van der Waals surface area contributed by atoms with Crippen LogP contribution < -0.4 is 10.2 Å². The van der Waals surface area contributed by atoms with Crippen molar-refractivity contribution in [1.29, 1.82) is 0 Å². The Bertz CT molecular complexity index is 837. The molecule has 1 N–H and O–H groups in total. The monoisotopic (exact) mass is 557 g/mol. The predicted molar refractivity (Wildman–Crippen MR) is 137 cm³/mol. The number of aromatic nitrogens is 2. The summed E-state index contributed by atoms with van der Waals surface area (Å²) in [6.45, 7) is 9.07. The van der Waals surface area contributed by atoms with E-state index in [1.807, 2.05) is 48.9 Å². The Hall–Kier alpha value is -1.95. The van der Waals surface area contributed by atoms with E-state index in [9.17, 15) is 4.79 Å². The van der Waals surface area contributed by atoms with Gasteiger partial charge in [0.15, 0.2) is 5.96 Å². The lowest BCUT2D eigenvalue weighted by molar-refractivity contribution is -0.131. The normalized spacial score (nSPS) is 14.2. The van der Waals surface area contributed by atoms with Crippen LogP contribution in [0.3, 0.4) is 0 Å². The minimum Gasteiger partial charge on any atom is -0.357 e. The zero-order valence-corrected chi connectivity index (χ0v) is 21.6. The van der Waals surface area contributed by atoms with Crippen LogP contribution in [0.1, 0.15) is 24.0 Å². The highest BCUT2D eigenvalue weighted by Crippen LogP contribution is 2.13. The van der Waals surface area contributed by atoms with Crippen molar-refractivity contribution < 1.29 is 4.79 Å². The molecule has 0 aromatic carbocycles. The molecule has 0 spiro atoms. The number of aryl methyl sites for hydroxylation is 1. The van der Waals surface area contributed by atoms with E-state index in [0.29, 0.717) is 19.5 Å². The Morgan fingerprint density at radius 2 is 2.06 bits per heavy atom. The fourth-order valence-electron chi connectivity index (χ4n) is 3.41. The molecule has 1 saturated heterocycles. The molecule has 8 nitrogen and oxygen atoms in total. The van der Waals surface area contributed by atoms with E-state index in [1.54, 1.807) is 17.5 Å². The molecule has 1 fully saturated rings. The van der Waals surface area contributed by atoms with Crippen LogP contribution in [0.2, 0.25) is 0 Å². The number of halogens is 1. The van der Waals surface area contributed by atoms with Gasteiger partial charge in [-0.2, -0.15) is 0 Å². The van der Waals surface area contributed by atoms with Gasteiger partial charge in [0.2, 0.25) is 5.91 Å². The average Bonchev–Trinajstić information content (AvgIpc) is 3.18.